The van der Waals surface area contributed by atoms with Crippen molar-refractivity contribution in [2.24, 2.45) is 0 Å². The fourth-order valence-corrected chi connectivity index (χ4v) is 8.12. The van der Waals surface area contributed by atoms with E-state index in [0.717, 1.165) is 11.1 Å². The number of hydrogen-bond donors (Lipinski definition) is 6. The van der Waals surface area contributed by atoms with E-state index in [1.807, 2.05) is 36.4 Å². The number of phosphoric ester groups is 1. The minimum absolute atomic E-state index is 0.211. The summed E-state index contributed by atoms with van der Waals surface area (Å²) in [7, 11) is -4.75. The van der Waals surface area contributed by atoms with Gasteiger partial charge in [0, 0.05) is 30.1 Å². The van der Waals surface area contributed by atoms with Crippen molar-refractivity contribution in [3.63, 3.8) is 0 Å². The van der Waals surface area contributed by atoms with Gasteiger partial charge in [0.1, 0.15) is 6.54 Å². The van der Waals surface area contributed by atoms with Crippen LogP contribution >= 0.6 is 7.82 Å². The largest absolute Gasteiger partial charge is 0.480 e. The van der Waals surface area contributed by atoms with E-state index in [0.29, 0.717) is 51.4 Å². The maximum atomic E-state index is 13.2. The standard InChI is InChI=1S/C34H45N3O12P/c38-29(39)19-35-25-11-13-27(14-12-25)37(21-30(40)41)20-26(36-31(32(42)43)33(44)45)22-48-50(46,47)49-28-15-17-34(18-16-28,23-7-3-1-4-8-23)24-9-5-2-6-10-24/h1-10,25-28,31,36H,11-22H2,(H,38,39)(H,40,41)(H,42,43)(H,44,45)(H,46,47)/t25-,26?,27-. The van der Waals surface area contributed by atoms with Gasteiger partial charge in [0.15, 0.2) is 0 Å². The summed E-state index contributed by atoms with van der Waals surface area (Å²) < 4.78 is 24.2. The number of carboxylic acids is 4. The lowest BCUT2D eigenvalue weighted by molar-refractivity contribution is -0.152. The molecule has 0 saturated heterocycles. The van der Waals surface area contributed by atoms with Gasteiger partial charge in [0.25, 0.3) is 0 Å². The summed E-state index contributed by atoms with van der Waals surface area (Å²) in [6.07, 6.45) is 3.39. The molecule has 0 heterocycles. The molecule has 0 bridgehead atoms. The Kier molecular flexibility index (Phi) is 14.1. The van der Waals surface area contributed by atoms with Gasteiger partial charge in [-0.1, -0.05) is 60.7 Å². The summed E-state index contributed by atoms with van der Waals surface area (Å²) in [6, 6.07) is 16.2. The Morgan fingerprint density at radius 3 is 1.86 bits per heavy atom. The average molecular weight is 719 g/mol. The summed E-state index contributed by atoms with van der Waals surface area (Å²) in [4.78, 5) is 58.5. The highest BCUT2D eigenvalue weighted by molar-refractivity contribution is 7.47. The van der Waals surface area contributed by atoms with Crippen molar-refractivity contribution in [2.75, 3.05) is 26.2 Å². The minimum atomic E-state index is -4.75. The summed E-state index contributed by atoms with van der Waals surface area (Å²) >= 11 is 0. The molecule has 0 aliphatic heterocycles. The number of benzene rings is 2. The zero-order valence-electron chi connectivity index (χ0n) is 27.6. The van der Waals surface area contributed by atoms with Crippen LogP contribution in [0.2, 0.25) is 0 Å². The predicted octanol–water partition coefficient (Wildman–Crippen LogP) is 2.93. The molecule has 6 N–H and O–H groups in total. The van der Waals surface area contributed by atoms with Crippen LogP contribution in [0, 0.1) is 0 Å². The number of carbonyl (C=O) groups is 4. The number of aliphatic carboxylic acids is 4. The van der Waals surface area contributed by atoms with E-state index in [2.05, 4.69) is 34.9 Å². The molecule has 0 aromatic heterocycles. The third-order valence-corrected chi connectivity index (χ3v) is 10.6. The molecule has 0 amide bonds. The Morgan fingerprint density at radius 2 is 1.38 bits per heavy atom. The van der Waals surface area contributed by atoms with E-state index in [-0.39, 0.29) is 30.6 Å². The van der Waals surface area contributed by atoms with Gasteiger partial charge < -0.3 is 25.3 Å². The number of nitrogens with zero attached hydrogens (tertiary/aromatic N) is 2. The fourth-order valence-electron chi connectivity index (χ4n) is 7.10. The van der Waals surface area contributed by atoms with Gasteiger partial charge in [-0.2, -0.15) is 0 Å². The summed E-state index contributed by atoms with van der Waals surface area (Å²) in [6.45, 7) is -1.71. The van der Waals surface area contributed by atoms with Gasteiger partial charge >= 0.3 is 31.7 Å². The van der Waals surface area contributed by atoms with Gasteiger partial charge in [-0.15, -0.1) is 0 Å². The van der Waals surface area contributed by atoms with Crippen molar-refractivity contribution in [2.45, 2.75) is 87.1 Å². The first kappa shape index (κ1) is 39.1. The molecule has 15 nitrogen and oxygen atoms in total. The summed E-state index contributed by atoms with van der Waals surface area (Å²) in [5.41, 5.74) is 1.93. The van der Waals surface area contributed by atoms with E-state index >= 15 is 0 Å². The zero-order chi connectivity index (χ0) is 36.3. The molecule has 0 spiro atoms. The number of nitrogens with one attached hydrogen (secondary N) is 1. The molecule has 2 aromatic carbocycles. The van der Waals surface area contributed by atoms with Gasteiger partial charge in [-0.05, 0) is 62.5 Å². The summed E-state index contributed by atoms with van der Waals surface area (Å²) in [5, 5.41) is 44.2. The molecule has 273 valence electrons. The highest BCUT2D eigenvalue weighted by atomic mass is 31.2. The lowest BCUT2D eigenvalue weighted by atomic mass is 9.65. The second-order valence-corrected chi connectivity index (χ2v) is 14.3. The van der Waals surface area contributed by atoms with Crippen molar-refractivity contribution in [3.05, 3.63) is 71.8 Å². The van der Waals surface area contributed by atoms with Crippen LogP contribution in [0.3, 0.4) is 0 Å². The Hall–Kier alpha value is -3.69. The molecular weight excluding hydrogens is 673 g/mol. The van der Waals surface area contributed by atoms with Crippen molar-refractivity contribution in [1.82, 2.24) is 15.5 Å². The second kappa shape index (κ2) is 18.0. The van der Waals surface area contributed by atoms with Crippen LogP contribution in [-0.4, -0.2) is 111 Å². The third kappa shape index (κ3) is 11.2. The smallest absolute Gasteiger partial charge is 0.472 e. The molecule has 16 heteroatoms. The fraction of sp³-hybridized carbons (Fsp3) is 0.529. The SMILES string of the molecule is O=C(O)C[N][C@H]1CC[C@H](N(CC(=O)O)CC(COP(=O)(O)OC2CCC(c3ccccc3)(c3ccccc3)CC2)NC(C(=O)O)C(=O)O)CC1. The Labute approximate surface area is 290 Å². The van der Waals surface area contributed by atoms with E-state index < -0.39 is 63.0 Å². The number of hydrogen-bond acceptors (Lipinski definition) is 9. The quantitative estimate of drug-likeness (QED) is 0.0906. The Morgan fingerprint density at radius 1 is 0.840 bits per heavy atom. The van der Waals surface area contributed by atoms with Crippen LogP contribution in [0.4, 0.5) is 0 Å². The number of rotatable bonds is 19. The maximum Gasteiger partial charge on any atom is 0.472 e. The van der Waals surface area contributed by atoms with E-state index in [1.54, 1.807) is 0 Å². The van der Waals surface area contributed by atoms with Crippen molar-refractivity contribution < 1.29 is 58.1 Å². The first-order chi connectivity index (χ1) is 23.8. The first-order valence-corrected chi connectivity index (χ1v) is 18.1. The first-order valence-electron chi connectivity index (χ1n) is 16.6. The molecule has 2 aliphatic rings. The number of carboxylic acid groups (broad SMARTS) is 4. The van der Waals surface area contributed by atoms with Crippen LogP contribution in [0.5, 0.6) is 0 Å². The molecule has 2 atom stereocenters. The van der Waals surface area contributed by atoms with Crippen LogP contribution in [0.25, 0.3) is 0 Å². The van der Waals surface area contributed by atoms with Crippen LogP contribution in [0.1, 0.15) is 62.5 Å². The molecule has 2 aromatic rings. The van der Waals surface area contributed by atoms with Gasteiger partial charge in [0.2, 0.25) is 6.04 Å². The van der Waals surface area contributed by atoms with E-state index in [9.17, 15) is 44.0 Å². The summed E-state index contributed by atoms with van der Waals surface area (Å²) in [5.74, 6) is -5.66. The van der Waals surface area contributed by atoms with Crippen molar-refractivity contribution in [3.8, 4) is 0 Å². The monoisotopic (exact) mass is 718 g/mol. The highest BCUT2D eigenvalue weighted by Gasteiger charge is 2.41. The van der Waals surface area contributed by atoms with Gasteiger partial charge in [0.05, 0.1) is 19.3 Å². The predicted molar refractivity (Wildman–Crippen MR) is 179 cm³/mol. The lowest BCUT2D eigenvalue weighted by Gasteiger charge is -2.41. The molecule has 2 saturated carbocycles. The molecule has 50 heavy (non-hydrogen) atoms. The van der Waals surface area contributed by atoms with Crippen molar-refractivity contribution >= 4 is 31.7 Å². The third-order valence-electron chi connectivity index (χ3n) is 9.52. The molecular formula is C34H45N3O12P. The van der Waals surface area contributed by atoms with E-state index in [1.165, 1.54) is 4.90 Å². The van der Waals surface area contributed by atoms with Crippen LogP contribution < -0.4 is 10.6 Å². The maximum absolute atomic E-state index is 13.2. The van der Waals surface area contributed by atoms with E-state index in [4.69, 9.17) is 14.2 Å². The topological polar surface area (TPSA) is 234 Å². The van der Waals surface area contributed by atoms with Crippen molar-refractivity contribution in [1.29, 1.82) is 0 Å². The minimum Gasteiger partial charge on any atom is -0.480 e. The zero-order valence-corrected chi connectivity index (χ0v) is 28.5. The molecule has 2 aliphatic carbocycles. The lowest BCUT2D eigenvalue weighted by Crippen LogP contribution is -2.56. The Bertz CT molecular complexity index is 1430. The highest BCUT2D eigenvalue weighted by Crippen LogP contribution is 2.51. The molecule has 2 unspecified atom stereocenters. The average Bonchev–Trinajstić information content (AvgIpc) is 3.09. The Balaban J connectivity index is 1.43. The van der Waals surface area contributed by atoms with Gasteiger partial charge in [-0.25, -0.2) is 19.5 Å². The van der Waals surface area contributed by atoms with Gasteiger partial charge in [-0.3, -0.25) is 28.9 Å². The van der Waals surface area contributed by atoms with Crippen LogP contribution in [-0.2, 0) is 38.2 Å². The molecule has 4 rings (SSSR count). The number of phosphoric acid groups is 1. The molecule has 1 radical (unpaired) electrons. The molecule has 2 fully saturated rings. The second-order valence-electron chi connectivity index (χ2n) is 12.9. The van der Waals surface area contributed by atoms with Crippen LogP contribution in [0.15, 0.2) is 60.7 Å². The normalized spacial score (nSPS) is 21.3.